The first-order valence-corrected chi connectivity index (χ1v) is 10.9. The Kier molecular flexibility index (Phi) is 6.35. The summed E-state index contributed by atoms with van der Waals surface area (Å²) < 4.78 is 8.26. The number of rotatable bonds is 2. The van der Waals surface area contributed by atoms with E-state index in [1.807, 2.05) is 0 Å². The van der Waals surface area contributed by atoms with Crippen molar-refractivity contribution >= 4 is 29.0 Å². The van der Waals surface area contributed by atoms with Gasteiger partial charge in [-0.3, -0.25) is 0 Å². The molecule has 0 unspecified atom stereocenters. The van der Waals surface area contributed by atoms with Crippen LogP contribution in [0.25, 0.3) is 0 Å². The Hall–Kier alpha value is 1.02. The summed E-state index contributed by atoms with van der Waals surface area (Å²) >= 11 is -2.61. The molecule has 0 fully saturated rings. The predicted molar refractivity (Wildman–Crippen MR) is 91.5 cm³/mol. The molecule has 0 aliphatic carbocycles. The summed E-state index contributed by atoms with van der Waals surface area (Å²) in [5.74, 6) is 0. The lowest BCUT2D eigenvalue weighted by molar-refractivity contribution is 0.414. The van der Waals surface area contributed by atoms with Crippen LogP contribution in [0.1, 0.15) is 83.1 Å². The highest BCUT2D eigenvalue weighted by atomic mass is 27.3. The molecule has 0 radical (unpaired) electrons. The van der Waals surface area contributed by atoms with Gasteiger partial charge in [0.05, 0.1) is 0 Å². The van der Waals surface area contributed by atoms with Crippen LogP contribution in [0.2, 0.25) is 17.1 Å². The van der Waals surface area contributed by atoms with Gasteiger partial charge >= 0.3 is 29.0 Å². The smallest absolute Gasteiger partial charge is 0.442 e. The molecule has 0 aromatic heterocycles. The van der Waals surface area contributed by atoms with Gasteiger partial charge in [-0.15, -0.1) is 0 Å². The fourth-order valence-electron chi connectivity index (χ4n) is 3.55. The van der Waals surface area contributed by atoms with E-state index in [0.29, 0.717) is 17.1 Å². The standard InChI is InChI=1S/4C4H9.2Al.O/c4*1-4(2)3;;;/h4*1-3H3;;;. The van der Waals surface area contributed by atoms with Crippen LogP contribution in [0.5, 0.6) is 0 Å². The van der Waals surface area contributed by atoms with Gasteiger partial charge < -0.3 is 2.84 Å². The lowest BCUT2D eigenvalue weighted by atomic mass is 10.2. The average Bonchev–Trinajstić information content (AvgIpc) is 1.91. The molecule has 0 aliphatic heterocycles. The van der Waals surface area contributed by atoms with Crippen LogP contribution in [0.15, 0.2) is 0 Å². The first kappa shape index (κ1) is 20.0. The van der Waals surface area contributed by atoms with Crippen LogP contribution in [0.4, 0.5) is 0 Å². The van der Waals surface area contributed by atoms with Gasteiger partial charge in [0.1, 0.15) is 0 Å². The van der Waals surface area contributed by atoms with E-state index in [2.05, 4.69) is 83.1 Å². The molecular formula is C16H36Al2O. The first-order valence-electron chi connectivity index (χ1n) is 7.63. The zero-order valence-corrected chi connectivity index (χ0v) is 17.9. The number of hydrogen-bond donors (Lipinski definition) is 0. The molecule has 0 aliphatic rings. The van der Waals surface area contributed by atoms with Crippen LogP contribution in [0.3, 0.4) is 0 Å². The largest absolute Gasteiger partial charge is 0.635 e. The minimum Gasteiger partial charge on any atom is -0.635 e. The van der Waals surface area contributed by atoms with Crippen LogP contribution in [-0.4, -0.2) is 29.0 Å². The number of hydrogen-bond acceptors (Lipinski definition) is 1. The second-order valence-corrected chi connectivity index (χ2v) is 19.9. The van der Waals surface area contributed by atoms with Crippen molar-refractivity contribution < 1.29 is 2.84 Å². The maximum Gasteiger partial charge on any atom is 0.442 e. The molecule has 0 aromatic rings. The molecule has 112 valence electrons. The molecule has 3 heteroatoms. The Morgan fingerprint density at radius 2 is 0.579 bits per heavy atom. The van der Waals surface area contributed by atoms with Gasteiger partial charge in [0, 0.05) is 0 Å². The van der Waals surface area contributed by atoms with Crippen molar-refractivity contribution in [1.29, 1.82) is 0 Å². The van der Waals surface area contributed by atoms with Crippen molar-refractivity contribution in [2.75, 3.05) is 0 Å². The molecule has 0 saturated carbocycles. The van der Waals surface area contributed by atoms with Gasteiger partial charge in [0.25, 0.3) is 0 Å². The highest BCUT2D eigenvalue weighted by Crippen LogP contribution is 2.48. The van der Waals surface area contributed by atoms with Gasteiger partial charge in [0.2, 0.25) is 0 Å². The zero-order chi connectivity index (χ0) is 15.9. The van der Waals surface area contributed by atoms with E-state index in [1.165, 1.54) is 0 Å². The summed E-state index contributed by atoms with van der Waals surface area (Å²) in [7, 11) is 0. The minimum absolute atomic E-state index is 0.319. The Bertz CT molecular complexity index is 226. The van der Waals surface area contributed by atoms with E-state index in [9.17, 15) is 0 Å². The van der Waals surface area contributed by atoms with Crippen LogP contribution in [0, 0.1) is 0 Å². The second-order valence-electron chi connectivity index (χ2n) is 10.4. The fourth-order valence-corrected chi connectivity index (χ4v) is 16.4. The average molecular weight is 298 g/mol. The van der Waals surface area contributed by atoms with Crippen molar-refractivity contribution in [1.82, 2.24) is 0 Å². The third kappa shape index (κ3) is 6.55. The lowest BCUT2D eigenvalue weighted by Gasteiger charge is -2.44. The van der Waals surface area contributed by atoms with E-state index in [0.717, 1.165) is 0 Å². The maximum atomic E-state index is 6.99. The molecule has 0 atom stereocenters. The molecule has 0 N–H and O–H groups in total. The molecule has 19 heavy (non-hydrogen) atoms. The molecule has 0 bridgehead atoms. The summed E-state index contributed by atoms with van der Waals surface area (Å²) in [6, 6.07) is 0. The quantitative estimate of drug-likeness (QED) is 0.552. The Labute approximate surface area is 132 Å². The van der Waals surface area contributed by atoms with Crippen molar-refractivity contribution in [2.45, 2.75) is 100 Å². The van der Waals surface area contributed by atoms with E-state index in [1.54, 1.807) is 0 Å². The van der Waals surface area contributed by atoms with E-state index in [4.69, 9.17) is 2.84 Å². The molecule has 0 saturated heterocycles. The van der Waals surface area contributed by atoms with Crippen LogP contribution in [-0.2, 0) is 2.84 Å². The molecule has 0 amide bonds. The van der Waals surface area contributed by atoms with Gasteiger partial charge in [0.15, 0.2) is 0 Å². The van der Waals surface area contributed by atoms with E-state index in [-0.39, 0.29) is 0 Å². The molecule has 0 aromatic carbocycles. The van der Waals surface area contributed by atoms with Crippen molar-refractivity contribution in [3.05, 3.63) is 0 Å². The topological polar surface area (TPSA) is 9.23 Å². The third-order valence-electron chi connectivity index (χ3n) is 3.42. The van der Waals surface area contributed by atoms with Crippen LogP contribution < -0.4 is 0 Å². The van der Waals surface area contributed by atoms with Gasteiger partial charge in [-0.1, -0.05) is 100 Å². The monoisotopic (exact) mass is 298 g/mol. The van der Waals surface area contributed by atoms with Gasteiger partial charge in [-0.05, 0) is 0 Å². The van der Waals surface area contributed by atoms with E-state index < -0.39 is 29.0 Å². The highest BCUT2D eigenvalue weighted by molar-refractivity contribution is 6.72. The van der Waals surface area contributed by atoms with Gasteiger partial charge in [-0.25, -0.2) is 0 Å². The second kappa shape index (κ2) is 6.03. The van der Waals surface area contributed by atoms with Crippen molar-refractivity contribution in [3.8, 4) is 0 Å². The van der Waals surface area contributed by atoms with Crippen molar-refractivity contribution in [2.24, 2.45) is 0 Å². The SMILES string of the molecule is C[C](C)(C)[Al]([O][Al]([C](C)(C)C)[C](C)(C)C)[C](C)(C)C. The predicted octanol–water partition coefficient (Wildman–Crippen LogP) is 6.19. The molecule has 0 spiro atoms. The lowest BCUT2D eigenvalue weighted by Crippen LogP contribution is -2.49. The zero-order valence-electron chi connectivity index (χ0n) is 15.6. The summed E-state index contributed by atoms with van der Waals surface area (Å²) in [6.45, 7) is 28.4. The molecule has 0 heterocycles. The summed E-state index contributed by atoms with van der Waals surface area (Å²) in [5, 5.41) is 0. The van der Waals surface area contributed by atoms with Crippen LogP contribution >= 0.6 is 0 Å². The molecular weight excluding hydrogens is 262 g/mol. The van der Waals surface area contributed by atoms with Crippen molar-refractivity contribution in [3.63, 3.8) is 0 Å². The normalized spacial score (nSPS) is 14.5. The summed E-state index contributed by atoms with van der Waals surface area (Å²) in [4.78, 5) is 0. The maximum absolute atomic E-state index is 6.99. The minimum atomic E-state index is -1.31. The summed E-state index contributed by atoms with van der Waals surface area (Å²) in [5.41, 5.74) is 0. The molecule has 0 rings (SSSR count). The Morgan fingerprint density at radius 3 is 0.684 bits per heavy atom. The Balaban J connectivity index is 5.43. The fraction of sp³-hybridized carbons (Fsp3) is 1.00. The summed E-state index contributed by atoms with van der Waals surface area (Å²) in [6.07, 6.45) is 0. The first-order chi connectivity index (χ1) is 7.97. The van der Waals surface area contributed by atoms with E-state index >= 15 is 0 Å². The van der Waals surface area contributed by atoms with Gasteiger partial charge in [-0.2, -0.15) is 0 Å². The molecule has 1 nitrogen and oxygen atoms in total. The Morgan fingerprint density at radius 1 is 0.421 bits per heavy atom. The highest BCUT2D eigenvalue weighted by Gasteiger charge is 2.52. The third-order valence-corrected chi connectivity index (χ3v) is 11.9.